The van der Waals surface area contributed by atoms with Crippen LogP contribution in [0.15, 0.2) is 0 Å². The predicted octanol–water partition coefficient (Wildman–Crippen LogP) is 1.54. The molecule has 4 nitrogen and oxygen atoms in total. The summed E-state index contributed by atoms with van der Waals surface area (Å²) in [6, 6.07) is 0. The number of aromatic nitrogens is 1. The number of carbonyl (C=O) groups excluding carboxylic acids is 1. The first-order valence-corrected chi connectivity index (χ1v) is 6.89. The second-order valence-corrected chi connectivity index (χ2v) is 5.59. The van der Waals surface area contributed by atoms with Gasteiger partial charge in [0.25, 0.3) is 5.91 Å². The van der Waals surface area contributed by atoms with Crippen LogP contribution in [0.25, 0.3) is 0 Å². The van der Waals surface area contributed by atoms with Crippen molar-refractivity contribution in [3.63, 3.8) is 0 Å². The lowest BCUT2D eigenvalue weighted by molar-refractivity contribution is 0.0643. The van der Waals surface area contributed by atoms with E-state index in [-0.39, 0.29) is 5.91 Å². The van der Waals surface area contributed by atoms with E-state index in [0.717, 1.165) is 43.3 Å². The Morgan fingerprint density at radius 2 is 1.94 bits per heavy atom. The van der Waals surface area contributed by atoms with Gasteiger partial charge in [-0.15, -0.1) is 11.3 Å². The van der Waals surface area contributed by atoms with Crippen LogP contribution in [0.4, 0.5) is 0 Å². The molecule has 1 aliphatic rings. The smallest absolute Gasteiger partial charge is 0.282 e. The molecule has 94 valence electrons. The van der Waals surface area contributed by atoms with E-state index in [0.29, 0.717) is 5.01 Å². The van der Waals surface area contributed by atoms with Gasteiger partial charge in [-0.05, 0) is 20.4 Å². The number of rotatable bonds is 2. The molecule has 1 amide bonds. The zero-order chi connectivity index (χ0) is 12.4. The van der Waals surface area contributed by atoms with Gasteiger partial charge in [0.05, 0.1) is 5.69 Å². The highest BCUT2D eigenvalue weighted by Gasteiger charge is 2.23. The van der Waals surface area contributed by atoms with E-state index in [1.54, 1.807) is 0 Å². The molecule has 1 aromatic heterocycles. The van der Waals surface area contributed by atoms with Crippen molar-refractivity contribution in [1.82, 2.24) is 14.8 Å². The number of aryl methyl sites for hydroxylation is 2. The molecule has 1 fully saturated rings. The van der Waals surface area contributed by atoms with Gasteiger partial charge in [-0.3, -0.25) is 4.79 Å². The molecule has 0 atom stereocenters. The lowest BCUT2D eigenvalue weighted by Gasteiger charge is -2.33. The van der Waals surface area contributed by atoms with Gasteiger partial charge < -0.3 is 9.80 Å². The fourth-order valence-corrected chi connectivity index (χ4v) is 2.85. The number of hydrogen-bond acceptors (Lipinski definition) is 4. The first-order chi connectivity index (χ1) is 8.11. The maximum atomic E-state index is 12.2. The molecular formula is C12H19N3OS. The van der Waals surface area contributed by atoms with E-state index < -0.39 is 0 Å². The number of hydrogen-bond donors (Lipinski definition) is 0. The molecule has 1 aliphatic heterocycles. The van der Waals surface area contributed by atoms with Gasteiger partial charge in [-0.25, -0.2) is 4.98 Å². The van der Waals surface area contributed by atoms with E-state index in [1.165, 1.54) is 11.3 Å². The zero-order valence-electron chi connectivity index (χ0n) is 10.7. The van der Waals surface area contributed by atoms with Crippen molar-refractivity contribution in [2.75, 3.05) is 32.7 Å². The fraction of sp³-hybridized carbons (Fsp3) is 0.667. The first kappa shape index (κ1) is 12.5. The number of nitrogens with zero attached hydrogens (tertiary/aromatic N) is 3. The first-order valence-electron chi connectivity index (χ1n) is 6.07. The summed E-state index contributed by atoms with van der Waals surface area (Å²) in [5, 5.41) is 0.643. The minimum Gasteiger partial charge on any atom is -0.334 e. The van der Waals surface area contributed by atoms with Crippen molar-refractivity contribution >= 4 is 17.2 Å². The average molecular weight is 253 g/mol. The molecule has 2 heterocycles. The van der Waals surface area contributed by atoms with Crippen LogP contribution in [0.3, 0.4) is 0 Å². The third kappa shape index (κ3) is 2.66. The summed E-state index contributed by atoms with van der Waals surface area (Å²) in [6.07, 6.45) is 0. The number of thiazole rings is 1. The van der Waals surface area contributed by atoms with Crippen molar-refractivity contribution < 1.29 is 4.79 Å². The summed E-state index contributed by atoms with van der Waals surface area (Å²) >= 11 is 1.51. The normalized spacial score (nSPS) is 17.5. The summed E-state index contributed by atoms with van der Waals surface area (Å²) in [7, 11) is 0. The molecule has 1 saturated heterocycles. The van der Waals surface area contributed by atoms with Gasteiger partial charge in [0.2, 0.25) is 0 Å². The highest BCUT2D eigenvalue weighted by Crippen LogP contribution is 2.18. The SMILES string of the molecule is CCN1CCN(C(=O)c2nc(C)c(C)s2)CC1. The summed E-state index contributed by atoms with van der Waals surface area (Å²) in [5.41, 5.74) is 0.977. The van der Waals surface area contributed by atoms with E-state index >= 15 is 0 Å². The molecule has 1 aromatic rings. The Labute approximate surface area is 106 Å². The summed E-state index contributed by atoms with van der Waals surface area (Å²) < 4.78 is 0. The van der Waals surface area contributed by atoms with Crippen molar-refractivity contribution in [3.8, 4) is 0 Å². The molecule has 0 bridgehead atoms. The second kappa shape index (κ2) is 5.14. The Morgan fingerprint density at radius 1 is 1.29 bits per heavy atom. The predicted molar refractivity (Wildman–Crippen MR) is 69.6 cm³/mol. The molecule has 0 aromatic carbocycles. The van der Waals surface area contributed by atoms with Crippen molar-refractivity contribution in [2.45, 2.75) is 20.8 Å². The summed E-state index contributed by atoms with van der Waals surface area (Å²) in [4.78, 5) is 22.0. The maximum Gasteiger partial charge on any atom is 0.282 e. The minimum absolute atomic E-state index is 0.0990. The molecule has 0 N–H and O–H groups in total. The Kier molecular flexibility index (Phi) is 3.79. The van der Waals surface area contributed by atoms with Crippen molar-refractivity contribution in [2.24, 2.45) is 0 Å². The van der Waals surface area contributed by atoms with Gasteiger partial charge in [-0.2, -0.15) is 0 Å². The number of likely N-dealkylation sites (N-methyl/N-ethyl adjacent to an activating group) is 1. The quantitative estimate of drug-likeness (QED) is 0.802. The van der Waals surface area contributed by atoms with Gasteiger partial charge in [-0.1, -0.05) is 6.92 Å². The number of piperazine rings is 1. The lowest BCUT2D eigenvalue weighted by Crippen LogP contribution is -2.48. The maximum absolute atomic E-state index is 12.2. The van der Waals surface area contributed by atoms with Crippen LogP contribution < -0.4 is 0 Å². The van der Waals surface area contributed by atoms with E-state index in [1.807, 2.05) is 18.7 Å². The fourth-order valence-electron chi connectivity index (χ4n) is 1.97. The average Bonchev–Trinajstić information content (AvgIpc) is 2.69. The number of amides is 1. The largest absolute Gasteiger partial charge is 0.334 e. The number of carbonyl (C=O) groups is 1. The monoisotopic (exact) mass is 253 g/mol. The summed E-state index contributed by atoms with van der Waals surface area (Å²) in [5.74, 6) is 0.0990. The second-order valence-electron chi connectivity index (χ2n) is 4.39. The lowest BCUT2D eigenvalue weighted by atomic mass is 10.3. The molecule has 5 heteroatoms. The van der Waals surface area contributed by atoms with Crippen LogP contribution in [-0.4, -0.2) is 53.4 Å². The Morgan fingerprint density at radius 3 is 2.41 bits per heavy atom. The van der Waals surface area contributed by atoms with Gasteiger partial charge in [0.15, 0.2) is 5.01 Å². The third-order valence-corrected chi connectivity index (χ3v) is 4.38. The molecular weight excluding hydrogens is 234 g/mol. The minimum atomic E-state index is 0.0990. The zero-order valence-corrected chi connectivity index (χ0v) is 11.5. The van der Waals surface area contributed by atoms with Crippen LogP contribution in [-0.2, 0) is 0 Å². The molecule has 0 radical (unpaired) electrons. The molecule has 0 spiro atoms. The molecule has 17 heavy (non-hydrogen) atoms. The molecule has 0 saturated carbocycles. The Bertz CT molecular complexity index is 388. The van der Waals surface area contributed by atoms with Crippen LogP contribution in [0.5, 0.6) is 0 Å². The molecule has 0 unspecified atom stereocenters. The molecule has 2 rings (SSSR count). The van der Waals surface area contributed by atoms with Crippen LogP contribution in [0, 0.1) is 13.8 Å². The van der Waals surface area contributed by atoms with Crippen molar-refractivity contribution in [3.05, 3.63) is 15.6 Å². The standard InChI is InChI=1S/C12H19N3OS/c1-4-14-5-7-15(8-6-14)12(16)11-13-9(2)10(3)17-11/h4-8H2,1-3H3. The van der Waals surface area contributed by atoms with E-state index in [2.05, 4.69) is 16.8 Å². The van der Waals surface area contributed by atoms with Crippen molar-refractivity contribution in [1.29, 1.82) is 0 Å². The third-order valence-electron chi connectivity index (χ3n) is 3.32. The topological polar surface area (TPSA) is 36.4 Å². The highest BCUT2D eigenvalue weighted by atomic mass is 32.1. The highest BCUT2D eigenvalue weighted by molar-refractivity contribution is 7.13. The van der Waals surface area contributed by atoms with Gasteiger partial charge in [0.1, 0.15) is 0 Å². The van der Waals surface area contributed by atoms with Crippen LogP contribution in [0.2, 0.25) is 0 Å². The molecule has 0 aliphatic carbocycles. The van der Waals surface area contributed by atoms with Crippen LogP contribution in [0.1, 0.15) is 27.3 Å². The van der Waals surface area contributed by atoms with Crippen LogP contribution >= 0.6 is 11.3 Å². The Hall–Kier alpha value is -0.940. The Balaban J connectivity index is 2.01. The van der Waals surface area contributed by atoms with Gasteiger partial charge >= 0.3 is 0 Å². The van der Waals surface area contributed by atoms with E-state index in [4.69, 9.17) is 0 Å². The summed E-state index contributed by atoms with van der Waals surface area (Å²) in [6.45, 7) is 10.8. The van der Waals surface area contributed by atoms with E-state index in [9.17, 15) is 4.79 Å². The van der Waals surface area contributed by atoms with Gasteiger partial charge in [0, 0.05) is 31.1 Å².